The molecule has 0 saturated heterocycles. The van der Waals surface area contributed by atoms with E-state index in [0.29, 0.717) is 47.7 Å². The van der Waals surface area contributed by atoms with Gasteiger partial charge in [-0.05, 0) is 49.5 Å². The molecule has 0 saturated carbocycles. The molecule has 0 bridgehead atoms. The quantitative estimate of drug-likeness (QED) is 0.367. The van der Waals surface area contributed by atoms with Crippen LogP contribution < -0.4 is 14.9 Å². The molecule has 184 valence electrons. The molecule has 7 heteroatoms. The van der Waals surface area contributed by atoms with Gasteiger partial charge in [0.2, 0.25) is 5.76 Å². The minimum atomic E-state index is -0.592. The maximum absolute atomic E-state index is 13.6. The number of ether oxygens (including phenoxy) is 2. The van der Waals surface area contributed by atoms with Gasteiger partial charge in [0.05, 0.1) is 24.1 Å². The van der Waals surface area contributed by atoms with Crippen LogP contribution in [0.15, 0.2) is 82.0 Å². The Balaban J connectivity index is 1.57. The van der Waals surface area contributed by atoms with Crippen LogP contribution in [-0.2, 0) is 6.61 Å². The zero-order chi connectivity index (χ0) is 25.2. The van der Waals surface area contributed by atoms with Crippen LogP contribution in [0.3, 0.4) is 0 Å². The number of hydrogen-bond donors (Lipinski definition) is 0. The fourth-order valence-electron chi connectivity index (χ4n) is 4.56. The Morgan fingerprint density at radius 3 is 2.44 bits per heavy atom. The molecule has 5 rings (SSSR count). The van der Waals surface area contributed by atoms with Gasteiger partial charge in [-0.3, -0.25) is 9.59 Å². The van der Waals surface area contributed by atoms with E-state index in [0.717, 1.165) is 11.1 Å². The Bertz CT molecular complexity index is 1460. The minimum Gasteiger partial charge on any atom is -0.493 e. The van der Waals surface area contributed by atoms with Crippen molar-refractivity contribution in [1.82, 2.24) is 9.80 Å². The van der Waals surface area contributed by atoms with Crippen LogP contribution in [0.25, 0.3) is 11.0 Å². The number of amides is 1. The lowest BCUT2D eigenvalue weighted by Crippen LogP contribution is -2.35. The van der Waals surface area contributed by atoms with Crippen molar-refractivity contribution in [3.63, 3.8) is 0 Å². The van der Waals surface area contributed by atoms with Crippen LogP contribution in [0.2, 0.25) is 0 Å². The highest BCUT2D eigenvalue weighted by atomic mass is 16.5. The Morgan fingerprint density at radius 1 is 0.944 bits per heavy atom. The van der Waals surface area contributed by atoms with Gasteiger partial charge in [0, 0.05) is 13.1 Å². The van der Waals surface area contributed by atoms with E-state index in [1.54, 1.807) is 36.3 Å². The fraction of sp³-hybridized carbons (Fsp3) is 0.241. The second-order valence-electron chi connectivity index (χ2n) is 9.06. The third kappa shape index (κ3) is 4.33. The van der Waals surface area contributed by atoms with Crippen LogP contribution in [0, 0.1) is 0 Å². The van der Waals surface area contributed by atoms with Gasteiger partial charge in [-0.2, -0.15) is 0 Å². The predicted octanol–water partition coefficient (Wildman–Crippen LogP) is 4.49. The van der Waals surface area contributed by atoms with Crippen molar-refractivity contribution >= 4 is 16.9 Å². The van der Waals surface area contributed by atoms with E-state index < -0.39 is 6.04 Å². The maximum Gasteiger partial charge on any atom is 0.290 e. The normalized spacial score (nSPS) is 14.9. The van der Waals surface area contributed by atoms with E-state index in [1.165, 1.54) is 0 Å². The number of benzene rings is 3. The molecule has 0 fully saturated rings. The first-order chi connectivity index (χ1) is 17.5. The van der Waals surface area contributed by atoms with Crippen molar-refractivity contribution in [2.24, 2.45) is 0 Å². The largest absolute Gasteiger partial charge is 0.493 e. The number of carbonyl (C=O) groups is 1. The lowest BCUT2D eigenvalue weighted by atomic mass is 9.98. The number of likely N-dealkylation sites (N-methyl/N-ethyl adjacent to an activating group) is 1. The van der Waals surface area contributed by atoms with Crippen LogP contribution in [0.4, 0.5) is 0 Å². The van der Waals surface area contributed by atoms with Gasteiger partial charge in [-0.15, -0.1) is 0 Å². The third-order valence-electron chi connectivity index (χ3n) is 6.40. The summed E-state index contributed by atoms with van der Waals surface area (Å²) in [7, 11) is 5.47. The zero-order valence-corrected chi connectivity index (χ0v) is 20.6. The summed E-state index contributed by atoms with van der Waals surface area (Å²) in [4.78, 5) is 30.8. The third-order valence-corrected chi connectivity index (χ3v) is 6.40. The van der Waals surface area contributed by atoms with Gasteiger partial charge in [0.15, 0.2) is 16.9 Å². The molecule has 2 heterocycles. The summed E-state index contributed by atoms with van der Waals surface area (Å²) in [6, 6.07) is 21.9. The predicted molar refractivity (Wildman–Crippen MR) is 138 cm³/mol. The number of carbonyl (C=O) groups excluding carboxylic acids is 1. The SMILES string of the molecule is COc1cc([C@@H]2c3c(oc4ccccc4c3=O)C(=O)N2CCN(C)C)ccc1OCc1ccccc1. The highest BCUT2D eigenvalue weighted by Gasteiger charge is 2.42. The first-order valence-electron chi connectivity index (χ1n) is 11.8. The van der Waals surface area contributed by atoms with Gasteiger partial charge in [-0.1, -0.05) is 48.5 Å². The molecule has 3 aromatic carbocycles. The molecule has 4 aromatic rings. The Labute approximate surface area is 209 Å². The molecule has 1 aliphatic rings. The molecule has 1 aromatic heterocycles. The van der Waals surface area contributed by atoms with E-state index in [2.05, 4.69) is 0 Å². The Hall–Kier alpha value is -4.10. The summed E-state index contributed by atoms with van der Waals surface area (Å²) >= 11 is 0. The molecular formula is C29H28N2O5. The summed E-state index contributed by atoms with van der Waals surface area (Å²) in [5.74, 6) is 0.927. The van der Waals surface area contributed by atoms with Gasteiger partial charge < -0.3 is 23.7 Å². The number of fused-ring (bicyclic) bond motifs is 2. The molecule has 1 amide bonds. The van der Waals surface area contributed by atoms with Crippen molar-refractivity contribution < 1.29 is 18.7 Å². The Morgan fingerprint density at radius 2 is 1.69 bits per heavy atom. The van der Waals surface area contributed by atoms with E-state index in [4.69, 9.17) is 13.9 Å². The van der Waals surface area contributed by atoms with E-state index in [1.807, 2.05) is 67.5 Å². The number of methoxy groups -OCH3 is 1. The van der Waals surface area contributed by atoms with Gasteiger partial charge >= 0.3 is 0 Å². The minimum absolute atomic E-state index is 0.103. The van der Waals surface area contributed by atoms with Crippen molar-refractivity contribution in [3.05, 3.63) is 105 Å². The molecule has 1 atom stereocenters. The van der Waals surface area contributed by atoms with E-state index >= 15 is 0 Å². The maximum atomic E-state index is 13.6. The molecule has 0 spiro atoms. The number of hydrogen-bond acceptors (Lipinski definition) is 6. The average Bonchev–Trinajstić information content (AvgIpc) is 3.18. The molecular weight excluding hydrogens is 456 g/mol. The monoisotopic (exact) mass is 484 g/mol. The summed E-state index contributed by atoms with van der Waals surface area (Å²) in [6.07, 6.45) is 0. The fourth-order valence-corrected chi connectivity index (χ4v) is 4.56. The van der Waals surface area contributed by atoms with Crippen LogP contribution in [-0.4, -0.2) is 50.0 Å². The zero-order valence-electron chi connectivity index (χ0n) is 20.6. The molecule has 1 aliphatic heterocycles. The van der Waals surface area contributed by atoms with Crippen molar-refractivity contribution in [2.75, 3.05) is 34.3 Å². The van der Waals surface area contributed by atoms with Crippen LogP contribution in [0.1, 0.15) is 33.3 Å². The van der Waals surface area contributed by atoms with Gasteiger partial charge in [0.1, 0.15) is 12.2 Å². The molecule has 36 heavy (non-hydrogen) atoms. The summed E-state index contributed by atoms with van der Waals surface area (Å²) in [5.41, 5.74) is 2.37. The number of para-hydroxylation sites is 1. The van der Waals surface area contributed by atoms with Crippen LogP contribution >= 0.6 is 0 Å². The highest BCUT2D eigenvalue weighted by Crippen LogP contribution is 2.41. The van der Waals surface area contributed by atoms with E-state index in [-0.39, 0.29) is 17.1 Å². The highest BCUT2D eigenvalue weighted by molar-refractivity contribution is 5.99. The van der Waals surface area contributed by atoms with Crippen molar-refractivity contribution in [1.29, 1.82) is 0 Å². The lowest BCUT2D eigenvalue weighted by molar-refractivity contribution is 0.0716. The van der Waals surface area contributed by atoms with Crippen molar-refractivity contribution in [3.8, 4) is 11.5 Å². The summed E-state index contributed by atoms with van der Waals surface area (Å²) < 4.78 is 17.7. The Kier molecular flexibility index (Phi) is 6.48. The van der Waals surface area contributed by atoms with Crippen LogP contribution in [0.5, 0.6) is 11.5 Å². The number of nitrogens with zero attached hydrogens (tertiary/aromatic N) is 2. The summed E-state index contributed by atoms with van der Waals surface area (Å²) in [5, 5.41) is 0.457. The number of rotatable bonds is 8. The van der Waals surface area contributed by atoms with Crippen molar-refractivity contribution in [2.45, 2.75) is 12.6 Å². The molecule has 7 nitrogen and oxygen atoms in total. The first kappa shape index (κ1) is 23.6. The molecule has 0 N–H and O–H groups in total. The first-order valence-corrected chi connectivity index (χ1v) is 11.8. The topological polar surface area (TPSA) is 72.2 Å². The smallest absolute Gasteiger partial charge is 0.290 e. The standard InChI is InChI=1S/C29H28N2O5/c1-30(2)15-16-31-26(25-27(32)21-11-7-8-12-22(21)36-28(25)29(31)33)20-13-14-23(24(17-20)34-3)35-18-19-9-5-4-6-10-19/h4-14,17,26H,15-16,18H2,1-3H3/t26-/m1/s1. The van der Waals surface area contributed by atoms with Gasteiger partial charge in [-0.25, -0.2) is 0 Å². The molecule has 0 radical (unpaired) electrons. The molecule has 0 aliphatic carbocycles. The van der Waals surface area contributed by atoms with Gasteiger partial charge in [0.25, 0.3) is 5.91 Å². The molecule has 0 unspecified atom stereocenters. The van der Waals surface area contributed by atoms with E-state index in [9.17, 15) is 9.59 Å². The second kappa shape index (κ2) is 9.87. The lowest BCUT2D eigenvalue weighted by Gasteiger charge is -2.27. The average molecular weight is 485 g/mol. The summed E-state index contributed by atoms with van der Waals surface area (Å²) in [6.45, 7) is 1.47. The second-order valence-corrected chi connectivity index (χ2v) is 9.06.